The molecule has 1 saturated heterocycles. The van der Waals surface area contributed by atoms with Gasteiger partial charge in [0.05, 0.1) is 5.75 Å². The monoisotopic (exact) mass is 471 g/mol. The normalized spacial score (nSPS) is 19.7. The first kappa shape index (κ1) is 21.8. The van der Waals surface area contributed by atoms with Gasteiger partial charge >= 0.3 is 0 Å². The van der Waals surface area contributed by atoms with E-state index < -0.39 is 34.9 Å². The second-order valence-electron chi connectivity index (χ2n) is 7.55. The summed E-state index contributed by atoms with van der Waals surface area (Å²) in [6.45, 7) is 1.81. The molecule has 5 nitrogen and oxygen atoms in total. The summed E-state index contributed by atoms with van der Waals surface area (Å²) in [6.07, 6.45) is 0.942. The summed E-state index contributed by atoms with van der Waals surface area (Å²) in [5.41, 5.74) is -0.232. The zero-order valence-electron chi connectivity index (χ0n) is 16.0. The molecule has 164 valence electrons. The molecule has 1 amide bonds. The van der Waals surface area contributed by atoms with Gasteiger partial charge in [0.2, 0.25) is 5.91 Å². The van der Waals surface area contributed by atoms with Gasteiger partial charge in [0.15, 0.2) is 23.3 Å². The van der Waals surface area contributed by atoms with Gasteiger partial charge in [-0.15, -0.1) is 0 Å². The topological polar surface area (TPSA) is 54.3 Å². The molecule has 1 fully saturated rings. The van der Waals surface area contributed by atoms with Crippen LogP contribution in [0.25, 0.3) is 0 Å². The van der Waals surface area contributed by atoms with E-state index in [1.165, 1.54) is 6.07 Å². The van der Waals surface area contributed by atoms with E-state index in [9.17, 15) is 27.2 Å². The van der Waals surface area contributed by atoms with E-state index in [1.54, 1.807) is 10.6 Å². The van der Waals surface area contributed by atoms with Crippen LogP contribution in [0.4, 0.5) is 23.2 Å². The Bertz CT molecular complexity index is 1100. The number of anilines is 1. The molecule has 0 radical (unpaired) electrons. The average Bonchev–Trinajstić information content (AvgIpc) is 2.74. The highest BCUT2D eigenvalue weighted by atomic mass is 32.2. The van der Waals surface area contributed by atoms with Crippen molar-refractivity contribution in [1.82, 2.24) is 9.47 Å². The van der Waals surface area contributed by atoms with Crippen LogP contribution in [0.1, 0.15) is 18.0 Å². The molecule has 1 aromatic heterocycles. The first-order chi connectivity index (χ1) is 14.7. The molecule has 2 atom stereocenters. The smallest absolute Gasteiger partial charge is 0.250 e. The van der Waals surface area contributed by atoms with Crippen LogP contribution in [0.5, 0.6) is 0 Å². The number of hydrogen-bond donors (Lipinski definition) is 1. The molecule has 4 rings (SSSR count). The number of likely N-dealkylation sites (tertiary alicyclic amines) is 1. The van der Waals surface area contributed by atoms with Crippen molar-refractivity contribution in [3.8, 4) is 0 Å². The number of carbonyl (C=O) groups excluding carboxylic acids is 1. The molecule has 0 saturated carbocycles. The number of nitrogens with one attached hydrogen (secondary N) is 1. The minimum Gasteiger partial charge on any atom is -0.356 e. The predicted octanol–water partition coefficient (Wildman–Crippen LogP) is 3.48. The molecular weight excluding hydrogens is 454 g/mol. The van der Waals surface area contributed by atoms with Crippen LogP contribution in [-0.4, -0.2) is 38.5 Å². The zero-order valence-corrected chi connectivity index (χ0v) is 17.7. The van der Waals surface area contributed by atoms with Crippen molar-refractivity contribution in [3.63, 3.8) is 0 Å². The van der Waals surface area contributed by atoms with E-state index in [0.29, 0.717) is 24.0 Å². The number of piperidine rings is 1. The maximum Gasteiger partial charge on any atom is 0.250 e. The highest BCUT2D eigenvalue weighted by Crippen LogP contribution is 2.36. The Morgan fingerprint density at radius 3 is 2.55 bits per heavy atom. The minimum absolute atomic E-state index is 0.0254. The molecule has 2 aromatic rings. The summed E-state index contributed by atoms with van der Waals surface area (Å²) in [5.74, 6) is -7.30. The highest BCUT2D eigenvalue weighted by Gasteiger charge is 2.35. The number of rotatable bonds is 3. The third-order valence-corrected chi connectivity index (χ3v) is 6.96. The second kappa shape index (κ2) is 8.62. The number of thiocarbonyl (C=S) groups is 1. The van der Waals surface area contributed by atoms with Crippen LogP contribution in [0, 0.1) is 29.2 Å². The van der Waals surface area contributed by atoms with Crippen molar-refractivity contribution in [1.29, 1.82) is 0 Å². The lowest BCUT2D eigenvalue weighted by molar-refractivity contribution is -0.113. The van der Waals surface area contributed by atoms with Crippen molar-refractivity contribution < 1.29 is 22.4 Å². The van der Waals surface area contributed by atoms with Crippen LogP contribution >= 0.6 is 24.0 Å². The highest BCUT2D eigenvalue weighted by molar-refractivity contribution is 8.23. The number of aromatic nitrogens is 1. The standard InChI is InChI=1S/C20H17F4N3O2S2/c21-12-5-13(22)18(24)19(17(12)23)25-15(28)9-31-20(30)26-6-10-4-11(8-26)14-2-1-3-16(29)27(14)7-10/h1-3,5,10-11H,4,6-9H2,(H,25,28)/t10-,11-/m0/s1. The molecule has 0 aliphatic carbocycles. The molecule has 1 N–H and O–H groups in total. The third kappa shape index (κ3) is 4.33. The van der Waals surface area contributed by atoms with Crippen LogP contribution in [0.3, 0.4) is 0 Å². The Balaban J connectivity index is 1.38. The van der Waals surface area contributed by atoms with Crippen LogP contribution < -0.4 is 10.9 Å². The van der Waals surface area contributed by atoms with Crippen molar-refractivity contribution in [2.45, 2.75) is 18.9 Å². The zero-order chi connectivity index (χ0) is 22.3. The van der Waals surface area contributed by atoms with Crippen molar-refractivity contribution in [2.75, 3.05) is 24.2 Å². The molecule has 3 heterocycles. The SMILES string of the molecule is O=C(CSC(=S)N1C[C@@H]2C[C@@H](C1)c1cccc(=O)n1C2)Nc1c(F)c(F)cc(F)c1F. The van der Waals surface area contributed by atoms with Crippen molar-refractivity contribution >= 4 is 39.9 Å². The lowest BCUT2D eigenvalue weighted by Gasteiger charge is -2.43. The maximum atomic E-state index is 13.7. The van der Waals surface area contributed by atoms with E-state index in [1.807, 2.05) is 16.3 Å². The summed E-state index contributed by atoms with van der Waals surface area (Å²) in [5, 5.41) is 1.87. The van der Waals surface area contributed by atoms with Crippen molar-refractivity contribution in [3.05, 3.63) is 63.6 Å². The number of carbonyl (C=O) groups is 1. The lowest BCUT2D eigenvalue weighted by Crippen LogP contribution is -2.48. The fourth-order valence-corrected chi connectivity index (χ4v) is 5.11. The number of benzene rings is 1. The lowest BCUT2D eigenvalue weighted by atomic mass is 9.83. The molecule has 2 aliphatic heterocycles. The number of halogens is 4. The number of thioether (sulfide) groups is 1. The summed E-state index contributed by atoms with van der Waals surface area (Å²) < 4.78 is 56.2. The van der Waals surface area contributed by atoms with Gasteiger partial charge in [-0.25, -0.2) is 17.6 Å². The molecular formula is C20H17F4N3O2S2. The average molecular weight is 472 g/mol. The predicted molar refractivity (Wildman–Crippen MR) is 113 cm³/mol. The first-order valence-corrected chi connectivity index (χ1v) is 10.9. The summed E-state index contributed by atoms with van der Waals surface area (Å²) in [7, 11) is 0. The quantitative estimate of drug-likeness (QED) is 0.422. The molecule has 2 bridgehead atoms. The first-order valence-electron chi connectivity index (χ1n) is 9.49. The van der Waals surface area contributed by atoms with Crippen LogP contribution in [0.15, 0.2) is 29.1 Å². The second-order valence-corrected chi connectivity index (χ2v) is 9.16. The maximum absolute atomic E-state index is 13.7. The van der Waals surface area contributed by atoms with Gasteiger partial charge in [-0.3, -0.25) is 9.59 Å². The Morgan fingerprint density at radius 1 is 1.13 bits per heavy atom. The van der Waals surface area contributed by atoms with E-state index in [-0.39, 0.29) is 29.2 Å². The Hall–Kier alpha value is -2.40. The molecule has 2 aliphatic rings. The van der Waals surface area contributed by atoms with Gasteiger partial charge in [0.25, 0.3) is 5.56 Å². The van der Waals surface area contributed by atoms with Gasteiger partial charge in [0, 0.05) is 43.4 Å². The molecule has 1 aromatic carbocycles. The number of fused-ring (bicyclic) bond motifs is 4. The van der Waals surface area contributed by atoms with E-state index in [4.69, 9.17) is 12.2 Å². The summed E-state index contributed by atoms with van der Waals surface area (Å²) >= 11 is 6.42. The van der Waals surface area contributed by atoms with Gasteiger partial charge in [-0.1, -0.05) is 30.0 Å². The number of nitrogens with zero attached hydrogens (tertiary/aromatic N) is 2. The van der Waals surface area contributed by atoms with Crippen molar-refractivity contribution in [2.24, 2.45) is 5.92 Å². The largest absolute Gasteiger partial charge is 0.356 e. The minimum atomic E-state index is -1.67. The number of pyridine rings is 1. The fourth-order valence-electron chi connectivity index (χ4n) is 4.12. The van der Waals surface area contributed by atoms with Gasteiger partial charge in [0.1, 0.15) is 10.0 Å². The third-order valence-electron chi connectivity index (χ3n) is 5.44. The molecule has 31 heavy (non-hydrogen) atoms. The van der Waals surface area contributed by atoms with E-state index >= 15 is 0 Å². The Kier molecular flexibility index (Phi) is 6.07. The Morgan fingerprint density at radius 2 is 1.84 bits per heavy atom. The molecule has 0 spiro atoms. The van der Waals surface area contributed by atoms with E-state index in [2.05, 4.69) is 0 Å². The molecule has 11 heteroatoms. The number of hydrogen-bond acceptors (Lipinski definition) is 4. The summed E-state index contributed by atoms with van der Waals surface area (Å²) in [6, 6.07) is 5.27. The van der Waals surface area contributed by atoms with Gasteiger partial charge in [-0.2, -0.15) is 0 Å². The van der Waals surface area contributed by atoms with Gasteiger partial charge in [-0.05, 0) is 18.4 Å². The van der Waals surface area contributed by atoms with Crippen LogP contribution in [0.2, 0.25) is 0 Å². The number of amides is 1. The fraction of sp³-hybridized carbons (Fsp3) is 0.350. The van der Waals surface area contributed by atoms with Crippen LogP contribution in [-0.2, 0) is 11.3 Å². The Labute approximate surface area is 184 Å². The summed E-state index contributed by atoms with van der Waals surface area (Å²) in [4.78, 5) is 26.2. The van der Waals surface area contributed by atoms with Gasteiger partial charge < -0.3 is 14.8 Å². The van der Waals surface area contributed by atoms with E-state index in [0.717, 1.165) is 23.9 Å². The molecule has 0 unspecified atom stereocenters.